The predicted molar refractivity (Wildman–Crippen MR) is 104 cm³/mol. The molecule has 3 rings (SSSR count). The standard InChI is InChI=1S/C22H23ClFNO/c1-3-12-22(18-6-10-20(24)11-7-18)13-14-25(21(26)15-22)16(2)17-4-8-19(23)9-5-17/h3-11,16H,1,12-15H2,2H3/t16-,22+/m1/s1. The van der Waals surface area contributed by atoms with Crippen molar-refractivity contribution >= 4 is 17.5 Å². The molecule has 1 aliphatic rings. The fourth-order valence-corrected chi connectivity index (χ4v) is 4.01. The molecule has 0 bridgehead atoms. The summed E-state index contributed by atoms with van der Waals surface area (Å²) in [5.41, 5.74) is 1.77. The first-order valence-corrected chi connectivity index (χ1v) is 9.25. The van der Waals surface area contributed by atoms with Crippen molar-refractivity contribution in [3.8, 4) is 0 Å². The molecule has 0 saturated carbocycles. The van der Waals surface area contributed by atoms with Crippen molar-refractivity contribution in [3.63, 3.8) is 0 Å². The molecule has 0 unspecified atom stereocenters. The number of halogens is 2. The number of piperidine rings is 1. The van der Waals surface area contributed by atoms with Crippen LogP contribution in [0.2, 0.25) is 5.02 Å². The number of benzene rings is 2. The van der Waals surface area contributed by atoms with E-state index in [1.165, 1.54) is 12.1 Å². The summed E-state index contributed by atoms with van der Waals surface area (Å²) in [6.45, 7) is 6.57. The minimum absolute atomic E-state index is 0.00489. The van der Waals surface area contributed by atoms with Crippen LogP contribution in [0.5, 0.6) is 0 Å². The van der Waals surface area contributed by atoms with Crippen LogP contribution in [0.15, 0.2) is 61.2 Å². The lowest BCUT2D eigenvalue weighted by molar-refractivity contribution is -0.138. The molecule has 136 valence electrons. The molecule has 1 amide bonds. The summed E-state index contributed by atoms with van der Waals surface area (Å²) in [4.78, 5) is 14.9. The lowest BCUT2D eigenvalue weighted by Crippen LogP contribution is -2.47. The van der Waals surface area contributed by atoms with Crippen molar-refractivity contribution in [2.24, 2.45) is 0 Å². The lowest BCUT2D eigenvalue weighted by atomic mass is 9.70. The van der Waals surface area contributed by atoms with Gasteiger partial charge >= 0.3 is 0 Å². The number of hydrogen-bond donors (Lipinski definition) is 0. The van der Waals surface area contributed by atoms with Gasteiger partial charge in [-0.05, 0) is 55.2 Å². The van der Waals surface area contributed by atoms with Gasteiger partial charge in [0, 0.05) is 23.4 Å². The van der Waals surface area contributed by atoms with Gasteiger partial charge < -0.3 is 4.90 Å². The van der Waals surface area contributed by atoms with Crippen LogP contribution >= 0.6 is 11.6 Å². The van der Waals surface area contributed by atoms with E-state index in [1.807, 2.05) is 42.2 Å². The number of likely N-dealkylation sites (tertiary alicyclic amines) is 1. The van der Waals surface area contributed by atoms with Crippen molar-refractivity contribution < 1.29 is 9.18 Å². The first kappa shape index (κ1) is 18.7. The molecular formula is C22H23ClFNO. The second-order valence-corrected chi connectivity index (χ2v) is 7.46. The van der Waals surface area contributed by atoms with Gasteiger partial charge in [0.05, 0.1) is 6.04 Å². The van der Waals surface area contributed by atoms with E-state index in [0.717, 1.165) is 17.5 Å². The van der Waals surface area contributed by atoms with Crippen LogP contribution < -0.4 is 0 Å². The summed E-state index contributed by atoms with van der Waals surface area (Å²) in [7, 11) is 0. The number of hydrogen-bond acceptors (Lipinski definition) is 1. The van der Waals surface area contributed by atoms with Crippen molar-refractivity contribution in [2.45, 2.75) is 37.6 Å². The van der Waals surface area contributed by atoms with Gasteiger partial charge in [-0.2, -0.15) is 0 Å². The molecule has 0 aliphatic carbocycles. The number of nitrogens with zero attached hydrogens (tertiary/aromatic N) is 1. The molecule has 1 fully saturated rings. The van der Waals surface area contributed by atoms with Gasteiger partial charge in [-0.3, -0.25) is 4.79 Å². The van der Waals surface area contributed by atoms with Crippen molar-refractivity contribution in [1.82, 2.24) is 4.90 Å². The van der Waals surface area contributed by atoms with E-state index in [1.54, 1.807) is 12.1 Å². The third kappa shape index (κ3) is 3.68. The van der Waals surface area contributed by atoms with E-state index in [2.05, 4.69) is 6.58 Å². The Bertz CT molecular complexity index is 787. The normalized spacial score (nSPS) is 21.5. The van der Waals surface area contributed by atoms with Crippen LogP contribution in [0.25, 0.3) is 0 Å². The second kappa shape index (κ2) is 7.63. The Kier molecular flexibility index (Phi) is 5.47. The maximum absolute atomic E-state index is 13.3. The molecule has 2 aromatic rings. The van der Waals surface area contributed by atoms with E-state index in [4.69, 9.17) is 11.6 Å². The van der Waals surface area contributed by atoms with Crippen molar-refractivity contribution in [1.29, 1.82) is 0 Å². The molecule has 2 nitrogen and oxygen atoms in total. The maximum Gasteiger partial charge on any atom is 0.223 e. The summed E-state index contributed by atoms with van der Waals surface area (Å²) >= 11 is 5.97. The van der Waals surface area contributed by atoms with Crippen LogP contribution in [0.4, 0.5) is 4.39 Å². The number of carbonyl (C=O) groups excluding carboxylic acids is 1. The molecule has 1 heterocycles. The van der Waals surface area contributed by atoms with Gasteiger partial charge in [0.15, 0.2) is 0 Å². The first-order valence-electron chi connectivity index (χ1n) is 8.87. The highest BCUT2D eigenvalue weighted by molar-refractivity contribution is 6.30. The summed E-state index contributed by atoms with van der Waals surface area (Å²) in [6, 6.07) is 14.1. The predicted octanol–water partition coefficient (Wildman–Crippen LogP) is 5.68. The van der Waals surface area contributed by atoms with Crippen molar-refractivity contribution in [3.05, 3.63) is 83.2 Å². The minimum Gasteiger partial charge on any atom is -0.336 e. The molecule has 4 heteroatoms. The monoisotopic (exact) mass is 371 g/mol. The largest absolute Gasteiger partial charge is 0.336 e. The lowest BCUT2D eigenvalue weighted by Gasteiger charge is -2.43. The molecule has 0 spiro atoms. The smallest absolute Gasteiger partial charge is 0.223 e. The number of allylic oxidation sites excluding steroid dienone is 1. The Balaban J connectivity index is 1.83. The fourth-order valence-electron chi connectivity index (χ4n) is 3.89. The second-order valence-electron chi connectivity index (χ2n) is 7.02. The van der Waals surface area contributed by atoms with E-state index >= 15 is 0 Å². The van der Waals surface area contributed by atoms with E-state index < -0.39 is 0 Å². The minimum atomic E-state index is -0.303. The van der Waals surface area contributed by atoms with Crippen LogP contribution in [0.3, 0.4) is 0 Å². The van der Waals surface area contributed by atoms with E-state index in [-0.39, 0.29) is 23.2 Å². The third-order valence-corrected chi connectivity index (χ3v) is 5.70. The van der Waals surface area contributed by atoms with Crippen LogP contribution in [0, 0.1) is 5.82 Å². The molecular weight excluding hydrogens is 349 g/mol. The maximum atomic E-state index is 13.3. The number of amides is 1. The topological polar surface area (TPSA) is 20.3 Å². The van der Waals surface area contributed by atoms with Gasteiger partial charge in [-0.25, -0.2) is 4.39 Å². The summed E-state index contributed by atoms with van der Waals surface area (Å²) in [5.74, 6) is -0.146. The molecule has 0 aromatic heterocycles. The average Bonchev–Trinajstić information content (AvgIpc) is 2.63. The number of rotatable bonds is 5. The fraction of sp³-hybridized carbons (Fsp3) is 0.318. The molecule has 2 aromatic carbocycles. The summed E-state index contributed by atoms with van der Waals surface area (Å²) in [5, 5.41) is 0.687. The third-order valence-electron chi connectivity index (χ3n) is 5.45. The Labute approximate surface area is 159 Å². The average molecular weight is 372 g/mol. The van der Waals surface area contributed by atoms with E-state index in [0.29, 0.717) is 24.4 Å². The van der Waals surface area contributed by atoms with Crippen molar-refractivity contribution in [2.75, 3.05) is 6.54 Å². The zero-order valence-electron chi connectivity index (χ0n) is 14.9. The van der Waals surface area contributed by atoms with Gasteiger partial charge in [-0.1, -0.05) is 41.9 Å². The highest BCUT2D eigenvalue weighted by atomic mass is 35.5. The molecule has 1 saturated heterocycles. The molecule has 0 N–H and O–H groups in total. The van der Waals surface area contributed by atoms with Crippen LogP contribution in [0.1, 0.15) is 43.4 Å². The number of carbonyl (C=O) groups is 1. The van der Waals surface area contributed by atoms with Crippen LogP contribution in [-0.4, -0.2) is 17.4 Å². The molecule has 26 heavy (non-hydrogen) atoms. The molecule has 0 radical (unpaired) electrons. The first-order chi connectivity index (χ1) is 12.4. The SMILES string of the molecule is C=CC[C@]1(c2ccc(F)cc2)CCN([C@H](C)c2ccc(Cl)cc2)C(=O)C1. The van der Waals surface area contributed by atoms with E-state index in [9.17, 15) is 9.18 Å². The Morgan fingerprint density at radius 3 is 2.46 bits per heavy atom. The Morgan fingerprint density at radius 1 is 1.23 bits per heavy atom. The zero-order valence-corrected chi connectivity index (χ0v) is 15.7. The highest BCUT2D eigenvalue weighted by Gasteiger charge is 2.40. The van der Waals surface area contributed by atoms with Crippen LogP contribution in [-0.2, 0) is 10.2 Å². The van der Waals surface area contributed by atoms with Gasteiger partial charge in [0.1, 0.15) is 5.82 Å². The molecule has 1 aliphatic heterocycles. The Hall–Kier alpha value is -2.13. The highest BCUT2D eigenvalue weighted by Crippen LogP contribution is 2.41. The summed E-state index contributed by atoms with van der Waals surface area (Å²) < 4.78 is 13.3. The Morgan fingerprint density at radius 2 is 1.88 bits per heavy atom. The van der Waals surface area contributed by atoms with Gasteiger partial charge in [0.2, 0.25) is 5.91 Å². The zero-order chi connectivity index (χ0) is 18.7. The quantitative estimate of drug-likeness (QED) is 0.619. The summed E-state index contributed by atoms with van der Waals surface area (Å²) in [6.07, 6.45) is 3.79. The van der Waals surface area contributed by atoms with Gasteiger partial charge in [0.25, 0.3) is 0 Å². The molecule has 2 atom stereocenters. The van der Waals surface area contributed by atoms with Gasteiger partial charge in [-0.15, -0.1) is 6.58 Å².